The normalized spacial score (nSPS) is 11.0. The van der Waals surface area contributed by atoms with Crippen LogP contribution in [0, 0.1) is 6.92 Å². The second kappa shape index (κ2) is 11.5. The number of allylic oxidation sites excluding steroid dienone is 1. The molecule has 1 rings (SSSR count). The van der Waals surface area contributed by atoms with Gasteiger partial charge in [-0.15, -0.1) is 0 Å². The summed E-state index contributed by atoms with van der Waals surface area (Å²) >= 11 is 2.22. The molecule has 0 saturated heterocycles. The molecule has 0 heterocycles. The Kier molecular flexibility index (Phi) is 12.7. The Morgan fingerprint density at radius 1 is 1.00 bits per heavy atom. The minimum atomic E-state index is -0.188. The van der Waals surface area contributed by atoms with Gasteiger partial charge in [-0.25, -0.2) is 19.6 Å². The van der Waals surface area contributed by atoms with Gasteiger partial charge < -0.3 is 4.90 Å². The molecule has 1 aromatic carbocycles. The van der Waals surface area contributed by atoms with Crippen LogP contribution in [0.3, 0.4) is 0 Å². The molecule has 0 spiro atoms. The number of halogens is 1. The SMILES string of the molecule is C=C[CH2-].CN(C)c1ccc(P(C(C)(C)C)C(C)(C)C)cc1.[Cl][Pd+]. The fourth-order valence-electron chi connectivity index (χ4n) is 2.68. The summed E-state index contributed by atoms with van der Waals surface area (Å²) in [6.45, 7) is 20.7. The molecule has 1 nitrogen and oxygen atoms in total. The van der Waals surface area contributed by atoms with Crippen molar-refractivity contribution in [3.8, 4) is 0 Å². The molecular weight excluding hydrogens is 415 g/mol. The number of hydrogen-bond acceptors (Lipinski definition) is 1. The Labute approximate surface area is 161 Å². The van der Waals surface area contributed by atoms with Crippen LogP contribution < -0.4 is 10.2 Å². The summed E-state index contributed by atoms with van der Waals surface area (Å²) in [5.41, 5.74) is 1.27. The van der Waals surface area contributed by atoms with Gasteiger partial charge in [0.1, 0.15) is 0 Å². The molecule has 0 unspecified atom stereocenters. The molecule has 0 aliphatic heterocycles. The van der Waals surface area contributed by atoms with Crippen LogP contribution in [0.25, 0.3) is 0 Å². The maximum atomic E-state index is 4.49. The second-order valence-corrected chi connectivity index (χ2v) is 11.2. The average Bonchev–Trinajstić information content (AvgIpc) is 2.39. The van der Waals surface area contributed by atoms with Crippen LogP contribution in [0.4, 0.5) is 5.69 Å². The summed E-state index contributed by atoms with van der Waals surface area (Å²) in [6.07, 6.45) is 1.50. The topological polar surface area (TPSA) is 3.24 Å². The van der Waals surface area contributed by atoms with Gasteiger partial charge in [-0.3, -0.25) is 0 Å². The first-order chi connectivity index (χ1) is 10.4. The average molecular weight is 448 g/mol. The van der Waals surface area contributed by atoms with E-state index < -0.39 is 0 Å². The standard InChI is InChI=1S/C16H28NP.C3H5.ClH.Pd/c1-15(2,3)18(16(4,5)6)14-11-9-13(10-12-14)17(7)8;1-3-2;;/h9-12H,1-8H3;3H,1-2H2;1H;/q;-1;;+2/p-1. The predicted molar refractivity (Wildman–Crippen MR) is 108 cm³/mol. The predicted octanol–water partition coefficient (Wildman–Crippen LogP) is 6.15. The van der Waals surface area contributed by atoms with Crippen molar-refractivity contribution < 1.29 is 18.2 Å². The molecule has 0 saturated carbocycles. The molecule has 1 aromatic rings. The quantitative estimate of drug-likeness (QED) is 0.298. The summed E-state index contributed by atoms with van der Waals surface area (Å²) in [7, 11) is 8.48. The summed E-state index contributed by atoms with van der Waals surface area (Å²) in [5.74, 6) is 0. The zero-order valence-corrected chi connectivity index (χ0v) is 19.1. The second-order valence-electron chi connectivity index (χ2n) is 7.38. The van der Waals surface area contributed by atoms with Gasteiger partial charge in [0.15, 0.2) is 0 Å². The molecule has 136 valence electrons. The van der Waals surface area contributed by atoms with Crippen LogP contribution in [-0.4, -0.2) is 24.4 Å². The third-order valence-corrected chi connectivity index (χ3v) is 6.46. The van der Waals surface area contributed by atoms with Crippen molar-refractivity contribution in [1.29, 1.82) is 0 Å². The maximum absolute atomic E-state index is 4.49. The molecule has 0 aliphatic carbocycles. The monoisotopic (exact) mass is 447 g/mol. The van der Waals surface area contributed by atoms with E-state index in [1.807, 2.05) is 0 Å². The van der Waals surface area contributed by atoms with E-state index in [0.717, 1.165) is 0 Å². The van der Waals surface area contributed by atoms with E-state index in [1.165, 1.54) is 17.1 Å². The van der Waals surface area contributed by atoms with Crippen molar-refractivity contribution in [2.45, 2.75) is 51.9 Å². The van der Waals surface area contributed by atoms with E-state index in [2.05, 4.69) is 126 Å². The van der Waals surface area contributed by atoms with E-state index in [-0.39, 0.29) is 7.92 Å². The summed E-state index contributed by atoms with van der Waals surface area (Å²) in [5, 5.41) is 2.19. The fraction of sp³-hybridized carbons (Fsp3) is 0.526. The Hall–Kier alpha value is 0.0123. The van der Waals surface area contributed by atoms with Gasteiger partial charge in [-0.05, 0) is 27.7 Å². The zero-order chi connectivity index (χ0) is 18.8. The molecule has 0 amide bonds. The Morgan fingerprint density at radius 3 is 1.52 bits per heavy atom. The molecule has 23 heavy (non-hydrogen) atoms. The van der Waals surface area contributed by atoms with E-state index >= 15 is 0 Å². The minimum absolute atomic E-state index is 0.188. The van der Waals surface area contributed by atoms with Crippen molar-refractivity contribution >= 4 is 28.4 Å². The van der Waals surface area contributed by atoms with Crippen LogP contribution in [0.1, 0.15) is 41.5 Å². The molecule has 0 fully saturated rings. The number of nitrogens with zero attached hydrogens (tertiary/aromatic N) is 1. The third kappa shape index (κ3) is 9.79. The summed E-state index contributed by atoms with van der Waals surface area (Å²) in [6, 6.07) is 9.11. The molecular formula is C19H33ClNPPd. The Bertz CT molecular complexity index is 416. The van der Waals surface area contributed by atoms with Crippen LogP contribution in [0.5, 0.6) is 0 Å². The number of anilines is 1. The molecule has 4 heteroatoms. The molecule has 0 bridgehead atoms. The first kappa shape index (κ1) is 25.3. The first-order valence-electron chi connectivity index (χ1n) is 7.55. The van der Waals surface area contributed by atoms with Crippen molar-refractivity contribution in [3.05, 3.63) is 43.8 Å². The molecule has 0 aliphatic rings. The molecule has 0 radical (unpaired) electrons. The summed E-state index contributed by atoms with van der Waals surface area (Å²) in [4.78, 5) is 2.15. The fourth-order valence-corrected chi connectivity index (χ4v) is 6.69. The van der Waals surface area contributed by atoms with Crippen LogP contribution in [-0.2, 0) is 18.2 Å². The van der Waals surface area contributed by atoms with Gasteiger partial charge in [-0.1, -0.05) is 61.6 Å². The number of rotatable bonds is 2. The van der Waals surface area contributed by atoms with Gasteiger partial charge in [0.25, 0.3) is 0 Å². The third-order valence-electron chi connectivity index (χ3n) is 2.97. The van der Waals surface area contributed by atoms with Gasteiger partial charge >= 0.3 is 27.7 Å². The first-order valence-corrected chi connectivity index (χ1v) is 10.9. The van der Waals surface area contributed by atoms with E-state index in [0.29, 0.717) is 10.3 Å². The number of hydrogen-bond donors (Lipinski definition) is 0. The van der Waals surface area contributed by atoms with Gasteiger partial charge in [0.05, 0.1) is 0 Å². The van der Waals surface area contributed by atoms with E-state index in [1.54, 1.807) is 0 Å². The van der Waals surface area contributed by atoms with Gasteiger partial charge in [0.2, 0.25) is 0 Å². The molecule has 0 N–H and O–H groups in total. The molecule has 0 aromatic heterocycles. The van der Waals surface area contributed by atoms with E-state index in [4.69, 9.17) is 0 Å². The van der Waals surface area contributed by atoms with Crippen LogP contribution in [0.15, 0.2) is 36.9 Å². The van der Waals surface area contributed by atoms with Crippen molar-refractivity contribution in [2.24, 2.45) is 0 Å². The van der Waals surface area contributed by atoms with Gasteiger partial charge in [-0.2, -0.15) is 0 Å². The number of benzene rings is 1. The Balaban J connectivity index is 0. The zero-order valence-electron chi connectivity index (χ0n) is 15.9. The van der Waals surface area contributed by atoms with E-state index in [9.17, 15) is 0 Å². The van der Waals surface area contributed by atoms with Crippen molar-refractivity contribution in [2.75, 3.05) is 19.0 Å². The molecule has 0 atom stereocenters. The van der Waals surface area contributed by atoms with Crippen molar-refractivity contribution in [3.63, 3.8) is 0 Å². The van der Waals surface area contributed by atoms with Crippen LogP contribution >= 0.6 is 17.5 Å². The van der Waals surface area contributed by atoms with Crippen molar-refractivity contribution in [1.82, 2.24) is 0 Å². The van der Waals surface area contributed by atoms with Crippen LogP contribution in [0.2, 0.25) is 0 Å². The summed E-state index contributed by atoms with van der Waals surface area (Å²) < 4.78 is 0. The van der Waals surface area contributed by atoms with Gasteiger partial charge in [0, 0.05) is 19.8 Å². The Morgan fingerprint density at radius 2 is 1.30 bits per heavy atom.